The van der Waals surface area contributed by atoms with Crippen molar-refractivity contribution >= 4 is 44.9 Å². The second-order valence-electron chi connectivity index (χ2n) is 7.79. The van der Waals surface area contributed by atoms with Gasteiger partial charge in [0.15, 0.2) is 11.5 Å². The molecule has 0 aromatic heterocycles. The smallest absolute Gasteiger partial charge is 0.293 e. The molecule has 6 nitrogen and oxygen atoms in total. The van der Waals surface area contributed by atoms with Crippen LogP contribution in [0.4, 0.5) is 4.79 Å². The average Bonchev–Trinajstić information content (AvgIpc) is 3.12. The number of rotatable bonds is 9. The van der Waals surface area contributed by atoms with Crippen LogP contribution in [0.3, 0.4) is 0 Å². The van der Waals surface area contributed by atoms with E-state index in [1.165, 1.54) is 4.90 Å². The van der Waals surface area contributed by atoms with Crippen LogP contribution in [0, 0.1) is 6.92 Å². The lowest BCUT2D eigenvalue weighted by Crippen LogP contribution is -2.32. The van der Waals surface area contributed by atoms with Crippen LogP contribution in [0.1, 0.15) is 16.7 Å². The van der Waals surface area contributed by atoms with Crippen LogP contribution in [0.5, 0.6) is 17.2 Å². The molecule has 180 valence electrons. The molecule has 3 aromatic carbocycles. The molecule has 1 aliphatic heterocycles. The largest absolute Gasteiger partial charge is 0.493 e. The second-order valence-corrected chi connectivity index (χ2v) is 9.70. The van der Waals surface area contributed by atoms with E-state index in [0.29, 0.717) is 34.3 Å². The molecule has 3 aromatic rings. The Morgan fingerprint density at radius 1 is 0.971 bits per heavy atom. The Kier molecular flexibility index (Phi) is 8.15. The van der Waals surface area contributed by atoms with E-state index in [0.717, 1.165) is 27.4 Å². The SMILES string of the molecule is COc1cccc(/C=C2\SC(=O)N(CCOc3ccc(C)cc3)C2=O)c1OCc1ccc(Br)cc1. The summed E-state index contributed by atoms with van der Waals surface area (Å²) in [6.07, 6.45) is 1.67. The van der Waals surface area contributed by atoms with Crippen molar-refractivity contribution in [2.24, 2.45) is 0 Å². The van der Waals surface area contributed by atoms with Gasteiger partial charge < -0.3 is 14.2 Å². The van der Waals surface area contributed by atoms with Crippen molar-refractivity contribution in [1.29, 1.82) is 0 Å². The predicted molar refractivity (Wildman–Crippen MR) is 141 cm³/mol. The molecular weight excluding hydrogens is 530 g/mol. The molecule has 2 amide bonds. The summed E-state index contributed by atoms with van der Waals surface area (Å²) >= 11 is 4.33. The Hall–Kier alpha value is -3.23. The third-order valence-electron chi connectivity index (χ3n) is 5.29. The molecule has 0 aliphatic carbocycles. The number of carbonyl (C=O) groups excluding carboxylic acids is 2. The first-order chi connectivity index (χ1) is 16.9. The molecular formula is C27H24BrNO5S. The fourth-order valence-corrected chi connectivity index (χ4v) is 4.54. The highest BCUT2D eigenvalue weighted by Crippen LogP contribution is 2.37. The van der Waals surface area contributed by atoms with Crippen molar-refractivity contribution in [2.45, 2.75) is 13.5 Å². The van der Waals surface area contributed by atoms with E-state index in [4.69, 9.17) is 14.2 Å². The van der Waals surface area contributed by atoms with Gasteiger partial charge in [-0.15, -0.1) is 0 Å². The number of amides is 2. The summed E-state index contributed by atoms with van der Waals surface area (Å²) in [4.78, 5) is 27.0. The van der Waals surface area contributed by atoms with Gasteiger partial charge in [-0.3, -0.25) is 14.5 Å². The second kappa shape index (κ2) is 11.5. The zero-order chi connectivity index (χ0) is 24.8. The number of thioether (sulfide) groups is 1. The van der Waals surface area contributed by atoms with Gasteiger partial charge in [-0.1, -0.05) is 57.9 Å². The van der Waals surface area contributed by atoms with Crippen LogP contribution in [-0.4, -0.2) is 36.3 Å². The van der Waals surface area contributed by atoms with Gasteiger partial charge in [0, 0.05) is 10.0 Å². The van der Waals surface area contributed by atoms with Crippen molar-refractivity contribution in [1.82, 2.24) is 4.90 Å². The fraction of sp³-hybridized carbons (Fsp3) is 0.185. The van der Waals surface area contributed by atoms with E-state index >= 15 is 0 Å². The topological polar surface area (TPSA) is 65.1 Å². The van der Waals surface area contributed by atoms with Gasteiger partial charge >= 0.3 is 0 Å². The number of imide groups is 1. The summed E-state index contributed by atoms with van der Waals surface area (Å²) in [6.45, 7) is 2.71. The molecule has 1 saturated heterocycles. The number of halogens is 1. The summed E-state index contributed by atoms with van der Waals surface area (Å²) in [5, 5.41) is -0.325. The number of nitrogens with zero attached hydrogens (tertiary/aromatic N) is 1. The maximum atomic E-state index is 13.0. The van der Waals surface area contributed by atoms with Crippen LogP contribution in [0.2, 0.25) is 0 Å². The number of methoxy groups -OCH3 is 1. The number of ether oxygens (including phenoxy) is 3. The van der Waals surface area contributed by atoms with E-state index < -0.39 is 0 Å². The third-order valence-corrected chi connectivity index (χ3v) is 6.73. The summed E-state index contributed by atoms with van der Waals surface area (Å²) in [5.74, 6) is 1.39. The lowest BCUT2D eigenvalue weighted by Gasteiger charge is -2.14. The molecule has 0 bridgehead atoms. The van der Waals surface area contributed by atoms with Gasteiger partial charge in [0.25, 0.3) is 11.1 Å². The molecule has 0 saturated carbocycles. The normalized spacial score (nSPS) is 14.5. The molecule has 0 unspecified atom stereocenters. The van der Waals surface area contributed by atoms with Crippen molar-refractivity contribution in [2.75, 3.05) is 20.3 Å². The fourth-order valence-electron chi connectivity index (χ4n) is 3.42. The molecule has 0 N–H and O–H groups in total. The van der Waals surface area contributed by atoms with Crippen molar-refractivity contribution in [3.8, 4) is 17.2 Å². The molecule has 35 heavy (non-hydrogen) atoms. The molecule has 4 rings (SSSR count). The number of aryl methyl sites for hydroxylation is 1. The molecule has 1 heterocycles. The molecule has 1 fully saturated rings. The quantitative estimate of drug-likeness (QED) is 0.283. The number of benzene rings is 3. The first kappa shape index (κ1) is 24.9. The highest BCUT2D eigenvalue weighted by atomic mass is 79.9. The Bertz CT molecular complexity index is 1240. The van der Waals surface area contributed by atoms with E-state index in [1.54, 1.807) is 19.3 Å². The predicted octanol–water partition coefficient (Wildman–Crippen LogP) is 6.46. The minimum Gasteiger partial charge on any atom is -0.493 e. The average molecular weight is 554 g/mol. The number of para-hydroxylation sites is 1. The van der Waals surface area contributed by atoms with Gasteiger partial charge in [-0.2, -0.15) is 0 Å². The summed E-state index contributed by atoms with van der Waals surface area (Å²) < 4.78 is 18.2. The lowest BCUT2D eigenvalue weighted by molar-refractivity contribution is -0.123. The van der Waals surface area contributed by atoms with Gasteiger partial charge in [0.1, 0.15) is 19.0 Å². The molecule has 1 aliphatic rings. The molecule has 0 atom stereocenters. The van der Waals surface area contributed by atoms with E-state index in [1.807, 2.05) is 67.6 Å². The first-order valence-corrected chi connectivity index (χ1v) is 12.5. The van der Waals surface area contributed by atoms with Gasteiger partial charge in [-0.05, 0) is 60.7 Å². The van der Waals surface area contributed by atoms with Crippen LogP contribution in [0.15, 0.2) is 76.1 Å². The summed E-state index contributed by atoms with van der Waals surface area (Å²) in [6, 6.07) is 20.9. The van der Waals surface area contributed by atoms with Gasteiger partial charge in [0.2, 0.25) is 0 Å². The van der Waals surface area contributed by atoms with Crippen molar-refractivity contribution in [3.63, 3.8) is 0 Å². The maximum absolute atomic E-state index is 13.0. The highest BCUT2D eigenvalue weighted by molar-refractivity contribution is 9.10. The van der Waals surface area contributed by atoms with Crippen molar-refractivity contribution < 1.29 is 23.8 Å². The Morgan fingerprint density at radius 2 is 1.71 bits per heavy atom. The van der Waals surface area contributed by atoms with Crippen LogP contribution >= 0.6 is 27.7 Å². The lowest BCUT2D eigenvalue weighted by atomic mass is 10.1. The Morgan fingerprint density at radius 3 is 2.43 bits per heavy atom. The van der Waals surface area contributed by atoms with E-state index in [2.05, 4.69) is 15.9 Å². The van der Waals surface area contributed by atoms with E-state index in [-0.39, 0.29) is 24.3 Å². The molecule has 0 radical (unpaired) electrons. The van der Waals surface area contributed by atoms with Crippen LogP contribution in [-0.2, 0) is 11.4 Å². The Balaban J connectivity index is 1.47. The van der Waals surface area contributed by atoms with E-state index in [9.17, 15) is 9.59 Å². The molecule has 0 spiro atoms. The molecule has 8 heteroatoms. The minimum atomic E-state index is -0.353. The van der Waals surface area contributed by atoms with Crippen LogP contribution < -0.4 is 14.2 Å². The zero-order valence-electron chi connectivity index (χ0n) is 19.3. The first-order valence-electron chi connectivity index (χ1n) is 10.9. The third kappa shape index (κ3) is 6.26. The zero-order valence-corrected chi connectivity index (χ0v) is 21.7. The monoisotopic (exact) mass is 553 g/mol. The van der Waals surface area contributed by atoms with Crippen molar-refractivity contribution in [3.05, 3.63) is 92.8 Å². The number of hydrogen-bond acceptors (Lipinski definition) is 6. The highest BCUT2D eigenvalue weighted by Gasteiger charge is 2.35. The standard InChI is InChI=1S/C27H24BrNO5S/c1-18-6-12-22(13-7-18)33-15-14-29-26(30)24(35-27(29)31)16-20-4-3-5-23(32-2)25(20)34-17-19-8-10-21(28)11-9-19/h3-13,16H,14-15,17H2,1-2H3/b24-16-. The Labute approximate surface area is 217 Å². The summed E-state index contributed by atoms with van der Waals surface area (Å²) in [7, 11) is 1.56. The summed E-state index contributed by atoms with van der Waals surface area (Å²) in [5.41, 5.74) is 2.77. The number of carbonyl (C=O) groups is 2. The van der Waals surface area contributed by atoms with Gasteiger partial charge in [-0.25, -0.2) is 0 Å². The van der Waals surface area contributed by atoms with Crippen LogP contribution in [0.25, 0.3) is 6.08 Å². The minimum absolute atomic E-state index is 0.168. The maximum Gasteiger partial charge on any atom is 0.293 e. The van der Waals surface area contributed by atoms with Gasteiger partial charge in [0.05, 0.1) is 18.6 Å². The number of hydrogen-bond donors (Lipinski definition) is 0.